The molecule has 5 aromatic rings. The van der Waals surface area contributed by atoms with Gasteiger partial charge in [0.05, 0.1) is 0 Å². The SMILES string of the molecule is C(=C\c1cccc2c1sc1ccccc12)/c1cc2ccccc2s1. The maximum atomic E-state index is 2.27. The van der Waals surface area contributed by atoms with Crippen LogP contribution >= 0.6 is 22.7 Å². The van der Waals surface area contributed by atoms with Gasteiger partial charge in [0, 0.05) is 29.7 Å². The molecule has 5 rings (SSSR count). The van der Waals surface area contributed by atoms with Crippen molar-refractivity contribution in [3.63, 3.8) is 0 Å². The summed E-state index contributed by atoms with van der Waals surface area (Å²) in [4.78, 5) is 1.30. The molecule has 0 atom stereocenters. The van der Waals surface area contributed by atoms with Crippen molar-refractivity contribution in [3.05, 3.63) is 83.2 Å². The highest BCUT2D eigenvalue weighted by atomic mass is 32.1. The van der Waals surface area contributed by atoms with Gasteiger partial charge < -0.3 is 0 Å². The Morgan fingerprint density at radius 1 is 0.625 bits per heavy atom. The molecule has 0 saturated carbocycles. The first kappa shape index (κ1) is 14.0. The molecule has 2 heterocycles. The Hall–Kier alpha value is -2.42. The van der Waals surface area contributed by atoms with E-state index in [-0.39, 0.29) is 0 Å². The van der Waals surface area contributed by atoms with Gasteiger partial charge in [-0.25, -0.2) is 0 Å². The van der Waals surface area contributed by atoms with Gasteiger partial charge in [-0.15, -0.1) is 22.7 Å². The molecule has 0 bridgehead atoms. The fourth-order valence-corrected chi connectivity index (χ4v) is 5.32. The zero-order valence-electron chi connectivity index (χ0n) is 12.9. The monoisotopic (exact) mass is 342 g/mol. The van der Waals surface area contributed by atoms with Crippen molar-refractivity contribution in [3.8, 4) is 0 Å². The highest BCUT2D eigenvalue weighted by Gasteiger charge is 2.06. The highest BCUT2D eigenvalue weighted by Crippen LogP contribution is 2.36. The molecule has 2 heteroatoms. The molecule has 0 fully saturated rings. The number of hydrogen-bond donors (Lipinski definition) is 0. The lowest BCUT2D eigenvalue weighted by Gasteiger charge is -1.96. The Bertz CT molecular complexity index is 1170. The van der Waals surface area contributed by atoms with E-state index in [0.29, 0.717) is 0 Å². The van der Waals surface area contributed by atoms with Gasteiger partial charge in [-0.1, -0.05) is 60.7 Å². The topological polar surface area (TPSA) is 0 Å². The fraction of sp³-hybridized carbons (Fsp3) is 0. The fourth-order valence-electron chi connectivity index (χ4n) is 3.16. The van der Waals surface area contributed by atoms with Gasteiger partial charge in [-0.3, -0.25) is 0 Å². The van der Waals surface area contributed by atoms with E-state index >= 15 is 0 Å². The van der Waals surface area contributed by atoms with E-state index in [1.807, 2.05) is 22.7 Å². The molecule has 3 aromatic carbocycles. The first-order valence-corrected chi connectivity index (χ1v) is 9.59. The number of hydrogen-bond acceptors (Lipinski definition) is 2. The van der Waals surface area contributed by atoms with Gasteiger partial charge in [0.1, 0.15) is 0 Å². The van der Waals surface area contributed by atoms with Gasteiger partial charge >= 0.3 is 0 Å². The third-order valence-corrected chi connectivity index (χ3v) is 6.62. The third kappa shape index (κ3) is 2.27. The Morgan fingerprint density at radius 2 is 1.42 bits per heavy atom. The molecule has 0 amide bonds. The number of thiophene rings is 2. The molecule has 2 aromatic heterocycles. The van der Waals surface area contributed by atoms with E-state index in [2.05, 4.69) is 84.9 Å². The van der Waals surface area contributed by atoms with Crippen LogP contribution in [0.3, 0.4) is 0 Å². The average Bonchev–Trinajstić information content (AvgIpc) is 3.21. The van der Waals surface area contributed by atoms with Crippen LogP contribution in [0.25, 0.3) is 42.4 Å². The molecule has 0 N–H and O–H groups in total. The lowest BCUT2D eigenvalue weighted by molar-refractivity contribution is 1.80. The van der Waals surface area contributed by atoms with Crippen LogP contribution in [0.4, 0.5) is 0 Å². The Labute approximate surface area is 148 Å². The molecule has 0 nitrogen and oxygen atoms in total. The molecular formula is C22H14S2. The molecule has 0 saturated heterocycles. The van der Waals surface area contributed by atoms with E-state index in [4.69, 9.17) is 0 Å². The van der Waals surface area contributed by atoms with Crippen LogP contribution < -0.4 is 0 Å². The molecule has 0 radical (unpaired) electrons. The Kier molecular flexibility index (Phi) is 3.25. The molecule has 0 unspecified atom stereocenters. The molecule has 24 heavy (non-hydrogen) atoms. The van der Waals surface area contributed by atoms with E-state index in [0.717, 1.165) is 0 Å². The lowest BCUT2D eigenvalue weighted by atomic mass is 10.1. The van der Waals surface area contributed by atoms with E-state index in [1.165, 1.54) is 40.7 Å². The van der Waals surface area contributed by atoms with Gasteiger partial charge in [0.15, 0.2) is 0 Å². The minimum atomic E-state index is 1.30. The van der Waals surface area contributed by atoms with Crippen molar-refractivity contribution in [1.82, 2.24) is 0 Å². The summed E-state index contributed by atoms with van der Waals surface area (Å²) in [5.74, 6) is 0. The lowest BCUT2D eigenvalue weighted by Crippen LogP contribution is -1.72. The van der Waals surface area contributed by atoms with E-state index < -0.39 is 0 Å². The molecule has 0 aliphatic heterocycles. The predicted octanol–water partition coefficient (Wildman–Crippen LogP) is 7.44. The molecule has 0 spiro atoms. The number of benzene rings is 3. The van der Waals surface area contributed by atoms with Crippen molar-refractivity contribution < 1.29 is 0 Å². The summed E-state index contributed by atoms with van der Waals surface area (Å²) in [6, 6.07) is 26.1. The molecule has 114 valence electrons. The second-order valence-electron chi connectivity index (χ2n) is 5.84. The molecular weight excluding hydrogens is 328 g/mol. The van der Waals surface area contributed by atoms with Crippen LogP contribution in [0.15, 0.2) is 72.8 Å². The third-order valence-electron chi connectivity index (χ3n) is 4.31. The zero-order valence-corrected chi connectivity index (χ0v) is 14.5. The van der Waals surface area contributed by atoms with Crippen LogP contribution in [0, 0.1) is 0 Å². The highest BCUT2D eigenvalue weighted by molar-refractivity contribution is 7.26. The smallest absolute Gasteiger partial charge is 0.0427 e. The average molecular weight is 342 g/mol. The van der Waals surface area contributed by atoms with Gasteiger partial charge in [0.2, 0.25) is 0 Å². The predicted molar refractivity (Wildman–Crippen MR) is 110 cm³/mol. The summed E-state index contributed by atoms with van der Waals surface area (Å²) >= 11 is 3.72. The summed E-state index contributed by atoms with van der Waals surface area (Å²) in [6.07, 6.45) is 4.49. The first-order chi connectivity index (χ1) is 11.9. The second-order valence-corrected chi connectivity index (χ2v) is 8.01. The maximum absolute atomic E-state index is 2.27. The summed E-state index contributed by atoms with van der Waals surface area (Å²) in [5, 5.41) is 4.03. The molecule has 0 aliphatic carbocycles. The Morgan fingerprint density at radius 3 is 2.33 bits per heavy atom. The largest absolute Gasteiger partial charge is 0.136 e. The standard InChI is InChI=1S/C22H14S2/c1-3-10-20-16(6-1)14-17(23-20)13-12-15-7-5-9-19-18-8-2-4-11-21(18)24-22(15)19/h1-14H/b13-12+. The maximum Gasteiger partial charge on any atom is 0.0427 e. The number of fused-ring (bicyclic) bond motifs is 4. The summed E-state index contributed by atoms with van der Waals surface area (Å²) in [5.41, 5.74) is 1.30. The number of rotatable bonds is 2. The van der Waals surface area contributed by atoms with Gasteiger partial charge in [0.25, 0.3) is 0 Å². The summed E-state index contributed by atoms with van der Waals surface area (Å²) in [6.45, 7) is 0. The Balaban J connectivity index is 1.63. The van der Waals surface area contributed by atoms with Crippen molar-refractivity contribution in [1.29, 1.82) is 0 Å². The van der Waals surface area contributed by atoms with E-state index in [9.17, 15) is 0 Å². The van der Waals surface area contributed by atoms with Crippen LogP contribution in [0.5, 0.6) is 0 Å². The van der Waals surface area contributed by atoms with Crippen LogP contribution in [-0.4, -0.2) is 0 Å². The summed E-state index contributed by atoms with van der Waals surface area (Å²) in [7, 11) is 0. The van der Waals surface area contributed by atoms with Crippen molar-refractivity contribution in [2.75, 3.05) is 0 Å². The quantitative estimate of drug-likeness (QED) is 0.313. The van der Waals surface area contributed by atoms with Crippen molar-refractivity contribution in [2.24, 2.45) is 0 Å². The first-order valence-electron chi connectivity index (χ1n) is 7.95. The summed E-state index contributed by atoms with van der Waals surface area (Å²) < 4.78 is 4.07. The normalized spacial score (nSPS) is 12.0. The van der Waals surface area contributed by atoms with E-state index in [1.54, 1.807) is 0 Å². The van der Waals surface area contributed by atoms with Crippen LogP contribution in [0.2, 0.25) is 0 Å². The minimum Gasteiger partial charge on any atom is -0.136 e. The van der Waals surface area contributed by atoms with Crippen LogP contribution in [0.1, 0.15) is 10.4 Å². The van der Waals surface area contributed by atoms with Crippen LogP contribution in [-0.2, 0) is 0 Å². The molecule has 0 aliphatic rings. The van der Waals surface area contributed by atoms with Gasteiger partial charge in [-0.05, 0) is 35.2 Å². The second kappa shape index (κ2) is 5.59. The van der Waals surface area contributed by atoms with Crippen molar-refractivity contribution >= 4 is 65.1 Å². The van der Waals surface area contributed by atoms with Gasteiger partial charge in [-0.2, -0.15) is 0 Å². The zero-order chi connectivity index (χ0) is 15.9. The van der Waals surface area contributed by atoms with Crippen molar-refractivity contribution in [2.45, 2.75) is 0 Å². The minimum absolute atomic E-state index is 1.30.